The van der Waals surface area contributed by atoms with Gasteiger partial charge in [-0.05, 0) is 61.1 Å². The van der Waals surface area contributed by atoms with E-state index in [0.29, 0.717) is 43.6 Å². The molecule has 3 N–H and O–H groups in total. The average Bonchev–Trinajstić information content (AvgIpc) is 3.21. The number of hydrogen-bond donors (Lipinski definition) is 3. The second-order valence-electron chi connectivity index (χ2n) is 9.12. The molecule has 2 aliphatic heterocycles. The number of aldehydes is 1. The number of rotatable bonds is 5. The second-order valence-corrected chi connectivity index (χ2v) is 9.12. The number of nitrogens with one attached hydrogen (secondary N) is 3. The summed E-state index contributed by atoms with van der Waals surface area (Å²) in [7, 11) is 0. The molecule has 3 aromatic rings. The van der Waals surface area contributed by atoms with Gasteiger partial charge in [0.2, 0.25) is 0 Å². The number of amides is 4. The van der Waals surface area contributed by atoms with Crippen molar-refractivity contribution >= 4 is 35.1 Å². The minimum absolute atomic E-state index is 0.0413. The molecule has 0 radical (unpaired) electrons. The Morgan fingerprint density at radius 3 is 2.77 bits per heavy atom. The van der Waals surface area contributed by atoms with Crippen LogP contribution in [0.25, 0.3) is 11.1 Å². The van der Waals surface area contributed by atoms with Crippen molar-refractivity contribution in [2.45, 2.75) is 44.8 Å². The van der Waals surface area contributed by atoms with Crippen molar-refractivity contribution < 1.29 is 18.8 Å². The van der Waals surface area contributed by atoms with Gasteiger partial charge in [0.25, 0.3) is 0 Å². The van der Waals surface area contributed by atoms with Crippen molar-refractivity contribution in [1.82, 2.24) is 20.1 Å². The monoisotopic (exact) mass is 477 g/mol. The summed E-state index contributed by atoms with van der Waals surface area (Å²) >= 11 is 0. The van der Waals surface area contributed by atoms with E-state index in [1.807, 2.05) is 36.1 Å². The highest BCUT2D eigenvalue weighted by molar-refractivity contribution is 5.92. The quantitative estimate of drug-likeness (QED) is 0.487. The Morgan fingerprint density at radius 2 is 2.00 bits per heavy atom. The van der Waals surface area contributed by atoms with Gasteiger partial charge in [-0.3, -0.25) is 4.98 Å². The predicted molar refractivity (Wildman–Crippen MR) is 129 cm³/mol. The molecule has 10 heteroatoms. The lowest BCUT2D eigenvalue weighted by molar-refractivity contribution is -0.109. The smallest absolute Gasteiger partial charge is 0.408 e. The molecule has 1 unspecified atom stereocenters. The van der Waals surface area contributed by atoms with Gasteiger partial charge in [0.05, 0.1) is 11.6 Å². The number of H-pyrrole nitrogens is 1. The molecule has 3 heterocycles. The zero-order valence-electron chi connectivity index (χ0n) is 19.4. The lowest BCUT2D eigenvalue weighted by atomic mass is 10.0. The number of para-hydroxylation sites is 1. The molecule has 5 rings (SSSR count). The largest absolute Gasteiger partial charge is 0.417 e. The van der Waals surface area contributed by atoms with Crippen LogP contribution in [0, 0.1) is 6.92 Å². The number of fused-ring (bicyclic) bond motifs is 2. The zero-order valence-corrected chi connectivity index (χ0v) is 19.4. The van der Waals surface area contributed by atoms with E-state index in [9.17, 15) is 19.2 Å². The molecule has 1 aromatic heterocycles. The number of hydrogen-bond acceptors (Lipinski definition) is 5. The summed E-state index contributed by atoms with van der Waals surface area (Å²) in [5.74, 6) is -0.536. The van der Waals surface area contributed by atoms with Crippen molar-refractivity contribution in [3.8, 4) is 0 Å². The number of nitrogens with zero attached hydrogens (tertiary/aromatic N) is 2. The van der Waals surface area contributed by atoms with E-state index >= 15 is 0 Å². The Labute approximate surface area is 201 Å². The molecule has 1 saturated heterocycles. The van der Waals surface area contributed by atoms with E-state index in [-0.39, 0.29) is 24.5 Å². The van der Waals surface area contributed by atoms with Crippen LogP contribution >= 0.6 is 0 Å². The van der Waals surface area contributed by atoms with Crippen LogP contribution in [0.1, 0.15) is 29.5 Å². The summed E-state index contributed by atoms with van der Waals surface area (Å²) < 4.78 is 5.11. The standard InChI is InChI=1S/C25H27N5O5/c1-15-10-21-22(35-25(34)28-21)12-17(15)11-18(14-31)26-23(32)29-8-6-19(7-9-29)30-13-16-4-2-3-5-20(16)27-24(30)33/h2-5,10,12,14,18-19H,6-9,11,13H2,1H3,(H,26,32)(H,27,33)(H,28,34). The molecule has 0 saturated carbocycles. The van der Waals surface area contributed by atoms with Crippen LogP contribution in [0.5, 0.6) is 0 Å². The van der Waals surface area contributed by atoms with Crippen molar-refractivity contribution in [1.29, 1.82) is 0 Å². The van der Waals surface area contributed by atoms with E-state index in [1.165, 1.54) is 0 Å². The maximum absolute atomic E-state index is 12.9. The van der Waals surface area contributed by atoms with Crippen molar-refractivity contribution in [2.24, 2.45) is 0 Å². The average molecular weight is 478 g/mol. The first-order chi connectivity index (χ1) is 16.9. The number of likely N-dealkylation sites (tertiary alicyclic amines) is 1. The van der Waals surface area contributed by atoms with Gasteiger partial charge < -0.3 is 29.6 Å². The van der Waals surface area contributed by atoms with Gasteiger partial charge in [-0.1, -0.05) is 18.2 Å². The topological polar surface area (TPSA) is 128 Å². The van der Waals surface area contributed by atoms with Crippen LogP contribution in [0.3, 0.4) is 0 Å². The number of benzene rings is 2. The van der Waals surface area contributed by atoms with Gasteiger partial charge in [0.15, 0.2) is 5.58 Å². The van der Waals surface area contributed by atoms with E-state index < -0.39 is 11.8 Å². The molecule has 0 bridgehead atoms. The van der Waals surface area contributed by atoms with Crippen molar-refractivity contribution in [3.05, 3.63) is 63.6 Å². The SMILES string of the molecule is Cc1cc2[nH]c(=O)oc2cc1CC(C=O)NC(=O)N1CCC(N2Cc3ccccc3NC2=O)CC1. The lowest BCUT2D eigenvalue weighted by Gasteiger charge is -2.40. The maximum atomic E-state index is 12.9. The van der Waals surface area contributed by atoms with Crippen molar-refractivity contribution in [3.63, 3.8) is 0 Å². The molecule has 2 aliphatic rings. The van der Waals surface area contributed by atoms with Crippen LogP contribution in [0.15, 0.2) is 45.6 Å². The third-order valence-electron chi connectivity index (χ3n) is 6.84. The Hall–Kier alpha value is -4.08. The molecule has 1 atom stereocenters. The molecular weight excluding hydrogens is 450 g/mol. The molecular formula is C25H27N5O5. The highest BCUT2D eigenvalue weighted by Crippen LogP contribution is 2.27. The Morgan fingerprint density at radius 1 is 1.23 bits per heavy atom. The molecule has 35 heavy (non-hydrogen) atoms. The summed E-state index contributed by atoms with van der Waals surface area (Å²) in [6.07, 6.45) is 2.33. The fourth-order valence-corrected chi connectivity index (χ4v) is 4.89. The first kappa shape index (κ1) is 22.7. The third-order valence-corrected chi connectivity index (χ3v) is 6.84. The number of aromatic nitrogens is 1. The Kier molecular flexibility index (Phi) is 6.02. The first-order valence-electron chi connectivity index (χ1n) is 11.7. The van der Waals surface area contributed by atoms with Crippen LogP contribution in [-0.4, -0.2) is 58.3 Å². The van der Waals surface area contributed by atoms with Gasteiger partial charge in [-0.2, -0.15) is 0 Å². The van der Waals surface area contributed by atoms with Gasteiger partial charge in [0, 0.05) is 31.4 Å². The van der Waals surface area contributed by atoms with Crippen molar-refractivity contribution in [2.75, 3.05) is 18.4 Å². The summed E-state index contributed by atoms with van der Waals surface area (Å²) in [4.78, 5) is 54.8. The van der Waals surface area contributed by atoms with E-state index in [4.69, 9.17) is 4.42 Å². The van der Waals surface area contributed by atoms with E-state index in [2.05, 4.69) is 15.6 Å². The molecule has 2 aromatic carbocycles. The van der Waals surface area contributed by atoms with Crippen LogP contribution in [0.2, 0.25) is 0 Å². The summed E-state index contributed by atoms with van der Waals surface area (Å²) in [5, 5.41) is 5.75. The highest BCUT2D eigenvalue weighted by atomic mass is 16.4. The van der Waals surface area contributed by atoms with Crippen LogP contribution in [0.4, 0.5) is 15.3 Å². The second kappa shape index (κ2) is 9.28. The number of anilines is 1. The summed E-state index contributed by atoms with van der Waals surface area (Å²) in [5.41, 5.74) is 4.63. The number of aryl methyl sites for hydroxylation is 1. The number of carbonyl (C=O) groups excluding carboxylic acids is 3. The first-order valence-corrected chi connectivity index (χ1v) is 11.7. The normalized spacial score (nSPS) is 17.1. The lowest BCUT2D eigenvalue weighted by Crippen LogP contribution is -2.54. The van der Waals surface area contributed by atoms with Crippen LogP contribution < -0.4 is 16.4 Å². The van der Waals surface area contributed by atoms with Gasteiger partial charge in [0.1, 0.15) is 6.29 Å². The highest BCUT2D eigenvalue weighted by Gasteiger charge is 2.33. The Bertz CT molecular complexity index is 1340. The molecule has 182 valence electrons. The summed E-state index contributed by atoms with van der Waals surface area (Å²) in [6.45, 7) is 3.42. The number of piperidine rings is 1. The van der Waals surface area contributed by atoms with Gasteiger partial charge in [-0.25, -0.2) is 14.4 Å². The number of carbonyl (C=O) groups is 3. The minimum atomic E-state index is -0.716. The van der Waals surface area contributed by atoms with Gasteiger partial charge >= 0.3 is 17.8 Å². The maximum Gasteiger partial charge on any atom is 0.417 e. The van der Waals surface area contributed by atoms with Crippen LogP contribution in [-0.2, 0) is 17.8 Å². The number of aromatic amines is 1. The number of oxazole rings is 1. The molecule has 0 aliphatic carbocycles. The van der Waals surface area contributed by atoms with Gasteiger partial charge in [-0.15, -0.1) is 0 Å². The number of urea groups is 2. The fourth-order valence-electron chi connectivity index (χ4n) is 4.89. The molecule has 4 amide bonds. The van der Waals surface area contributed by atoms with E-state index in [0.717, 1.165) is 28.7 Å². The fraction of sp³-hybridized carbons (Fsp3) is 0.360. The minimum Gasteiger partial charge on any atom is -0.408 e. The van der Waals surface area contributed by atoms with E-state index in [1.54, 1.807) is 17.0 Å². The summed E-state index contributed by atoms with van der Waals surface area (Å²) in [6, 6.07) is 10.2. The molecule has 0 spiro atoms. The third kappa shape index (κ3) is 4.64. The zero-order chi connectivity index (χ0) is 24.5. The molecule has 1 fully saturated rings. The predicted octanol–water partition coefficient (Wildman–Crippen LogP) is 2.76. The molecule has 10 nitrogen and oxygen atoms in total. The Balaban J connectivity index is 1.18.